The first-order valence-corrected chi connectivity index (χ1v) is 8.73. The van der Waals surface area contributed by atoms with E-state index in [1.165, 1.54) is 11.1 Å². The van der Waals surface area contributed by atoms with Crippen LogP contribution >= 0.6 is 35.3 Å². The van der Waals surface area contributed by atoms with Gasteiger partial charge in [0.1, 0.15) is 11.6 Å². The zero-order valence-electron chi connectivity index (χ0n) is 13.9. The molecule has 0 atom stereocenters. The van der Waals surface area contributed by atoms with E-state index in [0.29, 0.717) is 11.5 Å². The molecule has 0 unspecified atom stereocenters. The second-order valence-electron chi connectivity index (χ2n) is 5.56. The number of nitrogens with one attached hydrogen (secondary N) is 1. The summed E-state index contributed by atoms with van der Waals surface area (Å²) in [7, 11) is 1.70. The number of anilines is 1. The fraction of sp³-hybridized carbons (Fsp3) is 0.353. The molecule has 2 aromatic rings. The van der Waals surface area contributed by atoms with Crippen molar-refractivity contribution in [3.05, 3.63) is 52.9 Å². The number of piperazine rings is 1. The highest BCUT2D eigenvalue weighted by atomic mass is 127. The number of guanidine groups is 1. The monoisotopic (exact) mass is 478 g/mol. The van der Waals surface area contributed by atoms with E-state index in [2.05, 4.69) is 37.6 Å². The van der Waals surface area contributed by atoms with Crippen molar-refractivity contribution >= 4 is 46.3 Å². The van der Waals surface area contributed by atoms with Gasteiger partial charge < -0.3 is 15.1 Å². The number of thiophene rings is 1. The zero-order valence-corrected chi connectivity index (χ0v) is 17.1. The average Bonchev–Trinajstić information content (AvgIpc) is 3.13. The van der Waals surface area contributed by atoms with E-state index in [4.69, 9.17) is 0 Å². The molecule has 0 bridgehead atoms. The number of nitrogens with zero attached hydrogens (tertiary/aromatic N) is 3. The van der Waals surface area contributed by atoms with Crippen molar-refractivity contribution in [3.8, 4) is 0 Å². The Hall–Kier alpha value is -1.42. The first-order chi connectivity index (χ1) is 11.7. The van der Waals surface area contributed by atoms with Crippen molar-refractivity contribution in [1.82, 2.24) is 10.2 Å². The van der Waals surface area contributed by atoms with Crippen molar-refractivity contribution in [2.75, 3.05) is 38.1 Å². The largest absolute Gasteiger partial charge is 0.360 e. The second-order valence-corrected chi connectivity index (χ2v) is 6.49. The van der Waals surface area contributed by atoms with Crippen molar-refractivity contribution in [2.24, 2.45) is 4.99 Å². The molecule has 25 heavy (non-hydrogen) atoms. The Bertz CT molecular complexity index is 701. The van der Waals surface area contributed by atoms with Gasteiger partial charge in [-0.05, 0) is 35.7 Å². The Morgan fingerprint density at radius 3 is 2.60 bits per heavy atom. The summed E-state index contributed by atoms with van der Waals surface area (Å²) in [6, 6.07) is 7.66. The SMILES string of the molecule is CN=C(NCc1cc(F)ccc1F)N1CCN(c2cccs2)CC1.I. The molecule has 1 N–H and O–H groups in total. The molecule has 1 aromatic carbocycles. The Labute approximate surface area is 167 Å². The molecule has 0 radical (unpaired) electrons. The van der Waals surface area contributed by atoms with Crippen molar-refractivity contribution in [1.29, 1.82) is 0 Å². The van der Waals surface area contributed by atoms with Gasteiger partial charge in [-0.3, -0.25) is 4.99 Å². The van der Waals surface area contributed by atoms with Crippen LogP contribution in [-0.2, 0) is 6.54 Å². The van der Waals surface area contributed by atoms with Crippen LogP contribution in [0.25, 0.3) is 0 Å². The molecule has 8 heteroatoms. The Balaban J connectivity index is 0.00000225. The van der Waals surface area contributed by atoms with E-state index >= 15 is 0 Å². The molecule has 0 saturated carbocycles. The molecule has 0 aliphatic carbocycles. The summed E-state index contributed by atoms with van der Waals surface area (Å²) in [6.45, 7) is 3.71. The predicted octanol–water partition coefficient (Wildman–Crippen LogP) is 3.54. The van der Waals surface area contributed by atoms with E-state index in [-0.39, 0.29) is 30.5 Å². The third-order valence-corrected chi connectivity index (χ3v) is 4.98. The minimum Gasteiger partial charge on any atom is -0.360 e. The van der Waals surface area contributed by atoms with Crippen LogP contribution in [0.15, 0.2) is 40.7 Å². The van der Waals surface area contributed by atoms with Gasteiger partial charge in [-0.1, -0.05) is 0 Å². The molecule has 2 heterocycles. The van der Waals surface area contributed by atoms with Crippen molar-refractivity contribution < 1.29 is 8.78 Å². The number of hydrogen-bond donors (Lipinski definition) is 1. The summed E-state index contributed by atoms with van der Waals surface area (Å²) in [5, 5.41) is 6.48. The molecule has 1 aliphatic rings. The quantitative estimate of drug-likeness (QED) is 0.416. The number of rotatable bonds is 3. The number of hydrogen-bond acceptors (Lipinski definition) is 3. The second kappa shape index (κ2) is 9.33. The maximum absolute atomic E-state index is 13.7. The van der Waals surface area contributed by atoms with Gasteiger partial charge in [0.05, 0.1) is 5.00 Å². The minimum atomic E-state index is -0.437. The van der Waals surface area contributed by atoms with Gasteiger partial charge in [-0.15, -0.1) is 35.3 Å². The summed E-state index contributed by atoms with van der Waals surface area (Å²) in [5.41, 5.74) is 0.299. The van der Waals surface area contributed by atoms with Gasteiger partial charge in [-0.25, -0.2) is 8.78 Å². The molecule has 0 amide bonds. The van der Waals surface area contributed by atoms with E-state index in [0.717, 1.165) is 38.3 Å². The molecule has 1 aliphatic heterocycles. The van der Waals surface area contributed by atoms with Gasteiger partial charge in [0.15, 0.2) is 5.96 Å². The minimum absolute atomic E-state index is 0. The highest BCUT2D eigenvalue weighted by molar-refractivity contribution is 14.0. The van der Waals surface area contributed by atoms with Crippen molar-refractivity contribution in [3.63, 3.8) is 0 Å². The normalized spacial score (nSPS) is 15.1. The summed E-state index contributed by atoms with van der Waals surface area (Å²) >= 11 is 1.74. The lowest BCUT2D eigenvalue weighted by Gasteiger charge is -2.37. The fourth-order valence-corrected chi connectivity index (χ4v) is 3.56. The van der Waals surface area contributed by atoms with E-state index in [1.54, 1.807) is 18.4 Å². The lowest BCUT2D eigenvalue weighted by Crippen LogP contribution is -2.52. The smallest absolute Gasteiger partial charge is 0.194 e. The van der Waals surface area contributed by atoms with Gasteiger partial charge in [0.2, 0.25) is 0 Å². The molecule has 0 spiro atoms. The van der Waals surface area contributed by atoms with Crippen LogP contribution in [0.1, 0.15) is 5.56 Å². The third-order valence-electron chi connectivity index (χ3n) is 4.05. The Kier molecular flexibility index (Phi) is 7.42. The van der Waals surface area contributed by atoms with Crippen molar-refractivity contribution in [2.45, 2.75) is 6.54 Å². The van der Waals surface area contributed by atoms with Crippen LogP contribution in [-0.4, -0.2) is 44.1 Å². The van der Waals surface area contributed by atoms with E-state index < -0.39 is 11.6 Å². The zero-order chi connectivity index (χ0) is 16.9. The van der Waals surface area contributed by atoms with Gasteiger partial charge >= 0.3 is 0 Å². The maximum atomic E-state index is 13.7. The molecular weight excluding hydrogens is 457 g/mol. The Morgan fingerprint density at radius 2 is 1.96 bits per heavy atom. The average molecular weight is 478 g/mol. The van der Waals surface area contributed by atoms with Crippen LogP contribution in [0.4, 0.5) is 13.8 Å². The standard InChI is InChI=1S/C17H20F2N4S.HI/c1-20-17(21-12-13-11-14(18)4-5-15(13)19)23-8-6-22(7-9-23)16-3-2-10-24-16;/h2-5,10-11H,6-9,12H2,1H3,(H,20,21);1H. The molecule has 3 rings (SSSR count). The Morgan fingerprint density at radius 1 is 1.20 bits per heavy atom. The van der Waals surface area contributed by atoms with Gasteiger partial charge in [0.25, 0.3) is 0 Å². The number of halogens is 3. The maximum Gasteiger partial charge on any atom is 0.194 e. The first kappa shape index (κ1) is 19.9. The summed E-state index contributed by atoms with van der Waals surface area (Å²) in [4.78, 5) is 8.75. The predicted molar refractivity (Wildman–Crippen MR) is 110 cm³/mol. The lowest BCUT2D eigenvalue weighted by molar-refractivity contribution is 0.373. The van der Waals surface area contributed by atoms with Crippen LogP contribution in [0.3, 0.4) is 0 Å². The molecular formula is C17H21F2IN4S. The summed E-state index contributed by atoms with van der Waals surface area (Å²) in [6.07, 6.45) is 0. The summed E-state index contributed by atoms with van der Waals surface area (Å²) < 4.78 is 27.0. The van der Waals surface area contributed by atoms with Gasteiger partial charge in [-0.2, -0.15) is 0 Å². The van der Waals surface area contributed by atoms with Crippen LogP contribution in [0.2, 0.25) is 0 Å². The topological polar surface area (TPSA) is 30.9 Å². The molecule has 1 aromatic heterocycles. The molecule has 4 nitrogen and oxygen atoms in total. The van der Waals surface area contributed by atoms with E-state index in [1.807, 2.05) is 0 Å². The number of aliphatic imine (C=N–C) groups is 1. The highest BCUT2D eigenvalue weighted by Gasteiger charge is 2.20. The first-order valence-electron chi connectivity index (χ1n) is 7.85. The summed E-state index contributed by atoms with van der Waals surface area (Å²) in [5.74, 6) is -0.140. The number of benzene rings is 1. The molecule has 1 saturated heterocycles. The van der Waals surface area contributed by atoms with Crippen LogP contribution in [0.5, 0.6) is 0 Å². The fourth-order valence-electron chi connectivity index (χ4n) is 2.77. The molecule has 1 fully saturated rings. The van der Waals surface area contributed by atoms with Crippen LogP contribution in [0, 0.1) is 11.6 Å². The van der Waals surface area contributed by atoms with E-state index in [9.17, 15) is 8.78 Å². The molecule has 136 valence electrons. The van der Waals surface area contributed by atoms with Gasteiger partial charge in [0, 0.05) is 45.3 Å². The van der Waals surface area contributed by atoms with Crippen LogP contribution < -0.4 is 10.2 Å². The lowest BCUT2D eigenvalue weighted by atomic mass is 10.2. The highest BCUT2D eigenvalue weighted by Crippen LogP contribution is 2.22. The third kappa shape index (κ3) is 5.04.